The van der Waals surface area contributed by atoms with Gasteiger partial charge in [-0.3, -0.25) is 14.1 Å². The molecule has 5 rings (SSSR count). The van der Waals surface area contributed by atoms with Gasteiger partial charge in [-0.25, -0.2) is 13.4 Å². The van der Waals surface area contributed by atoms with Gasteiger partial charge in [0.25, 0.3) is 5.91 Å². The number of benzene rings is 1. The molecule has 4 heterocycles. The number of pyridine rings is 1. The highest BCUT2D eigenvalue weighted by Gasteiger charge is 2.45. The summed E-state index contributed by atoms with van der Waals surface area (Å²) in [6.45, 7) is 1.47. The van der Waals surface area contributed by atoms with Crippen LogP contribution in [0.5, 0.6) is 11.5 Å². The number of nitrogens with zero attached hydrogens (tertiary/aromatic N) is 3. The molecule has 3 aromatic rings. The number of carbonyl (C=O) groups excluding carboxylic acids is 1. The molecule has 12 heteroatoms. The Morgan fingerprint density at radius 1 is 1.23 bits per heavy atom. The van der Waals surface area contributed by atoms with Crippen LogP contribution in [0.25, 0.3) is 5.65 Å². The van der Waals surface area contributed by atoms with Crippen LogP contribution in [0.15, 0.2) is 35.5 Å². The van der Waals surface area contributed by atoms with E-state index < -0.39 is 22.0 Å². The number of rotatable bonds is 3. The van der Waals surface area contributed by atoms with E-state index in [2.05, 4.69) is 37.0 Å². The number of carbonyl (C=O) groups is 1. The monoisotopic (exact) mass is 547 g/mol. The Kier molecular flexibility index (Phi) is 4.07. The van der Waals surface area contributed by atoms with Gasteiger partial charge in [0, 0.05) is 15.3 Å². The van der Waals surface area contributed by atoms with E-state index >= 15 is 0 Å². The average Bonchev–Trinajstić information content (AvgIpc) is 3.29. The predicted octanol–water partition coefficient (Wildman–Crippen LogP) is 3.21. The highest BCUT2D eigenvalue weighted by atomic mass is 127. The molecule has 156 valence electrons. The summed E-state index contributed by atoms with van der Waals surface area (Å²) in [7, 11) is -3.75. The Hall–Kier alpha value is -2.48. The van der Waals surface area contributed by atoms with Gasteiger partial charge in [-0.2, -0.15) is 0 Å². The Morgan fingerprint density at radius 2 is 1.93 bits per heavy atom. The first-order valence-corrected chi connectivity index (χ1v) is 11.5. The van der Waals surface area contributed by atoms with Crippen molar-refractivity contribution in [3.05, 3.63) is 45.2 Å². The van der Waals surface area contributed by atoms with Gasteiger partial charge in [-0.05, 0) is 52.4 Å². The van der Waals surface area contributed by atoms with E-state index in [0.717, 1.165) is 3.57 Å². The maximum absolute atomic E-state index is 13.3. The number of hydrogen-bond acceptors (Lipinski definition) is 6. The Morgan fingerprint density at radius 3 is 2.63 bits per heavy atom. The third-order valence-corrected chi connectivity index (χ3v) is 7.25. The van der Waals surface area contributed by atoms with Crippen molar-refractivity contribution in [3.63, 3.8) is 0 Å². The van der Waals surface area contributed by atoms with Crippen molar-refractivity contribution >= 4 is 49.8 Å². The molecule has 2 aliphatic rings. The summed E-state index contributed by atoms with van der Waals surface area (Å²) < 4.78 is 63.4. The largest absolute Gasteiger partial charge is 0.586 e. The summed E-state index contributed by atoms with van der Waals surface area (Å²) in [5.74, 6) is -1.18. The molecule has 30 heavy (non-hydrogen) atoms. The molecule has 0 unspecified atom stereocenters. The maximum atomic E-state index is 13.3. The number of sulfone groups is 1. The molecule has 0 saturated carbocycles. The second kappa shape index (κ2) is 6.26. The molecule has 2 aromatic heterocycles. The highest BCUT2D eigenvalue weighted by Crippen LogP contribution is 2.45. The lowest BCUT2D eigenvalue weighted by molar-refractivity contribution is -0.286. The van der Waals surface area contributed by atoms with Crippen molar-refractivity contribution in [2.75, 3.05) is 10.7 Å². The standard InChI is InChI=1S/C18H12F2IN3O5S/c1-2-30(26,27)17-15(22-14-4-3-10(21)8-23(14)17)24-7-9-5-12-13(6-11(9)16(24)25)29-18(19,20)28-12/h3-6,8H,2,7H2,1H3. The average molecular weight is 547 g/mol. The van der Waals surface area contributed by atoms with E-state index in [9.17, 15) is 22.0 Å². The van der Waals surface area contributed by atoms with Crippen molar-refractivity contribution in [2.45, 2.75) is 24.8 Å². The topological polar surface area (TPSA) is 90.2 Å². The minimum absolute atomic E-state index is 0.00706. The number of halogens is 3. The number of fused-ring (bicyclic) bond motifs is 3. The van der Waals surface area contributed by atoms with Gasteiger partial charge in [0.15, 0.2) is 32.2 Å². The van der Waals surface area contributed by atoms with Gasteiger partial charge >= 0.3 is 6.29 Å². The highest BCUT2D eigenvalue weighted by molar-refractivity contribution is 14.1. The summed E-state index contributed by atoms with van der Waals surface area (Å²) >= 11 is 2.05. The lowest BCUT2D eigenvalue weighted by Crippen LogP contribution is -2.26. The smallest absolute Gasteiger partial charge is 0.395 e. The number of imidazole rings is 1. The van der Waals surface area contributed by atoms with Crippen molar-refractivity contribution in [3.8, 4) is 11.5 Å². The first-order chi connectivity index (χ1) is 14.1. The summed E-state index contributed by atoms with van der Waals surface area (Å²) in [4.78, 5) is 18.7. The third-order valence-electron chi connectivity index (χ3n) is 4.88. The molecular formula is C18H12F2IN3O5S. The summed E-state index contributed by atoms with van der Waals surface area (Å²) in [6.07, 6.45) is -2.16. The molecular weight excluding hydrogens is 535 g/mol. The fourth-order valence-electron chi connectivity index (χ4n) is 3.51. The normalized spacial score (nSPS) is 17.1. The minimum Gasteiger partial charge on any atom is -0.395 e. The van der Waals surface area contributed by atoms with Crippen LogP contribution in [0.1, 0.15) is 22.8 Å². The molecule has 0 spiro atoms. The van der Waals surface area contributed by atoms with Gasteiger partial charge in [0.2, 0.25) is 0 Å². The molecule has 0 radical (unpaired) electrons. The first kappa shape index (κ1) is 19.5. The first-order valence-electron chi connectivity index (χ1n) is 8.74. The molecule has 0 bridgehead atoms. The van der Waals surface area contributed by atoms with Crippen molar-refractivity contribution in [2.24, 2.45) is 0 Å². The summed E-state index contributed by atoms with van der Waals surface area (Å²) in [6, 6.07) is 5.91. The van der Waals surface area contributed by atoms with Crippen LogP contribution in [0.2, 0.25) is 0 Å². The van der Waals surface area contributed by atoms with E-state index in [4.69, 9.17) is 0 Å². The van der Waals surface area contributed by atoms with E-state index in [1.54, 1.807) is 18.3 Å². The number of ether oxygens (including phenoxy) is 2. The lowest BCUT2D eigenvalue weighted by Gasteiger charge is -2.15. The Balaban J connectivity index is 1.65. The van der Waals surface area contributed by atoms with E-state index in [1.165, 1.54) is 28.4 Å². The van der Waals surface area contributed by atoms with Crippen molar-refractivity contribution in [1.29, 1.82) is 0 Å². The zero-order chi connectivity index (χ0) is 21.4. The van der Waals surface area contributed by atoms with Crippen LogP contribution in [0.3, 0.4) is 0 Å². The quantitative estimate of drug-likeness (QED) is 0.468. The van der Waals surface area contributed by atoms with Crippen LogP contribution in [0.4, 0.5) is 14.6 Å². The van der Waals surface area contributed by atoms with Gasteiger partial charge in [0.1, 0.15) is 5.65 Å². The number of amides is 1. The van der Waals surface area contributed by atoms with Gasteiger partial charge in [-0.15, -0.1) is 8.78 Å². The summed E-state index contributed by atoms with van der Waals surface area (Å²) in [5.41, 5.74) is 0.906. The number of aromatic nitrogens is 2. The summed E-state index contributed by atoms with van der Waals surface area (Å²) in [5, 5.41) is -0.0914. The Bertz CT molecular complexity index is 1360. The third kappa shape index (κ3) is 2.84. The Labute approximate surface area is 182 Å². The van der Waals surface area contributed by atoms with Gasteiger partial charge in [-0.1, -0.05) is 6.92 Å². The molecule has 1 amide bonds. The second-order valence-electron chi connectivity index (χ2n) is 6.73. The fraction of sp³-hybridized carbons (Fsp3) is 0.222. The lowest BCUT2D eigenvalue weighted by atomic mass is 10.1. The number of hydrogen-bond donors (Lipinski definition) is 0. The second-order valence-corrected chi connectivity index (χ2v) is 10.2. The predicted molar refractivity (Wildman–Crippen MR) is 109 cm³/mol. The van der Waals surface area contributed by atoms with Crippen LogP contribution in [0, 0.1) is 3.57 Å². The minimum atomic E-state index is -3.79. The van der Waals surface area contributed by atoms with Crippen LogP contribution < -0.4 is 14.4 Å². The van der Waals surface area contributed by atoms with Crippen LogP contribution in [-0.4, -0.2) is 35.8 Å². The zero-order valence-corrected chi connectivity index (χ0v) is 18.2. The molecule has 8 nitrogen and oxygen atoms in total. The van der Waals surface area contributed by atoms with E-state index in [1.807, 2.05) is 0 Å². The maximum Gasteiger partial charge on any atom is 0.586 e. The number of anilines is 1. The molecule has 0 atom stereocenters. The van der Waals surface area contributed by atoms with Crippen LogP contribution >= 0.6 is 22.6 Å². The number of alkyl halides is 2. The van der Waals surface area contributed by atoms with Crippen molar-refractivity contribution in [1.82, 2.24) is 9.38 Å². The van der Waals surface area contributed by atoms with Crippen molar-refractivity contribution < 1.29 is 31.5 Å². The fourth-order valence-corrected chi connectivity index (χ4v) is 5.12. The molecule has 0 saturated heterocycles. The molecule has 0 fully saturated rings. The van der Waals surface area contributed by atoms with Crippen LogP contribution in [-0.2, 0) is 16.4 Å². The molecule has 1 aromatic carbocycles. The molecule has 0 aliphatic carbocycles. The SMILES string of the molecule is CCS(=O)(=O)c1c(N2Cc3cc4c(cc3C2=O)OC(F)(F)O4)nc2ccc(I)cn12. The molecule has 0 N–H and O–H groups in total. The van der Waals surface area contributed by atoms with Gasteiger partial charge < -0.3 is 9.47 Å². The zero-order valence-electron chi connectivity index (χ0n) is 15.2. The van der Waals surface area contributed by atoms with E-state index in [0.29, 0.717) is 11.2 Å². The van der Waals surface area contributed by atoms with Gasteiger partial charge in [0.05, 0.1) is 12.3 Å². The van der Waals surface area contributed by atoms with E-state index in [-0.39, 0.29) is 40.2 Å². The molecule has 2 aliphatic heterocycles.